The third-order valence-electron chi connectivity index (χ3n) is 5.63. The second-order valence-electron chi connectivity index (χ2n) is 8.23. The average molecular weight is 394 g/mol. The fraction of sp³-hybridized carbons (Fsp3) is 0.417. The Hall–Kier alpha value is -2.66. The van der Waals surface area contributed by atoms with Gasteiger partial charge in [0.05, 0.1) is 0 Å². The van der Waals surface area contributed by atoms with E-state index in [1.165, 1.54) is 11.1 Å². The molecule has 1 aliphatic heterocycles. The molecule has 0 aliphatic carbocycles. The zero-order valence-electron chi connectivity index (χ0n) is 17.5. The zero-order valence-corrected chi connectivity index (χ0v) is 17.5. The number of benzene rings is 2. The van der Waals surface area contributed by atoms with Crippen molar-refractivity contribution in [1.82, 2.24) is 10.2 Å². The van der Waals surface area contributed by atoms with E-state index in [-0.39, 0.29) is 17.9 Å². The Balaban J connectivity index is 1.58. The summed E-state index contributed by atoms with van der Waals surface area (Å²) in [5, 5.41) is 2.95. The first kappa shape index (κ1) is 21.1. The molecule has 2 unspecified atom stereocenters. The molecule has 29 heavy (non-hydrogen) atoms. The molecular weight excluding hydrogens is 362 g/mol. The number of carbonyl (C=O) groups excluding carboxylic acids is 2. The maximum atomic E-state index is 12.8. The van der Waals surface area contributed by atoms with Crippen LogP contribution in [-0.2, 0) is 16.1 Å². The van der Waals surface area contributed by atoms with Gasteiger partial charge in [0.25, 0.3) is 0 Å². The van der Waals surface area contributed by atoms with Crippen LogP contribution in [0.1, 0.15) is 60.9 Å². The Morgan fingerprint density at radius 2 is 1.72 bits per heavy atom. The lowest BCUT2D eigenvalue weighted by molar-refractivity contribution is -0.135. The van der Waals surface area contributed by atoms with E-state index in [4.69, 9.17) is 5.73 Å². The number of nitrogens with zero attached hydrogens (tertiary/aromatic N) is 1. The monoisotopic (exact) mass is 393 g/mol. The fourth-order valence-electron chi connectivity index (χ4n) is 3.67. The number of hydrogen-bond acceptors (Lipinski definition) is 3. The van der Waals surface area contributed by atoms with Crippen LogP contribution in [0.25, 0.3) is 0 Å². The Kier molecular flexibility index (Phi) is 6.70. The molecule has 5 nitrogen and oxygen atoms in total. The molecular formula is C24H31N3O2. The van der Waals surface area contributed by atoms with Gasteiger partial charge in [0.1, 0.15) is 6.04 Å². The first-order valence-electron chi connectivity index (χ1n) is 10.3. The van der Waals surface area contributed by atoms with Crippen molar-refractivity contribution in [2.45, 2.75) is 58.2 Å². The van der Waals surface area contributed by atoms with Crippen LogP contribution < -0.4 is 11.1 Å². The van der Waals surface area contributed by atoms with E-state index >= 15 is 0 Å². The summed E-state index contributed by atoms with van der Waals surface area (Å²) in [6.07, 6.45) is 0.960. The van der Waals surface area contributed by atoms with Crippen molar-refractivity contribution in [3.05, 3.63) is 70.8 Å². The lowest BCUT2D eigenvalue weighted by Crippen LogP contribution is -2.46. The molecule has 3 rings (SSSR count). The minimum Gasteiger partial charge on any atom is -0.352 e. The molecule has 2 aromatic carbocycles. The SMILES string of the molecule is Cc1ccc(CN2C(=O)CCC2C(=O)NCC(N)c2ccc(C(C)C)cc2)cc1. The molecule has 154 valence electrons. The van der Waals surface area contributed by atoms with Crippen molar-refractivity contribution < 1.29 is 9.59 Å². The van der Waals surface area contributed by atoms with E-state index in [0.717, 1.165) is 11.1 Å². The first-order valence-corrected chi connectivity index (χ1v) is 10.3. The van der Waals surface area contributed by atoms with E-state index in [9.17, 15) is 9.59 Å². The van der Waals surface area contributed by atoms with E-state index in [1.54, 1.807) is 4.90 Å². The van der Waals surface area contributed by atoms with Crippen molar-refractivity contribution in [2.24, 2.45) is 5.73 Å². The van der Waals surface area contributed by atoms with Crippen molar-refractivity contribution in [3.8, 4) is 0 Å². The Morgan fingerprint density at radius 1 is 1.10 bits per heavy atom. The number of nitrogens with two attached hydrogens (primary N) is 1. The zero-order chi connectivity index (χ0) is 21.0. The fourth-order valence-corrected chi connectivity index (χ4v) is 3.67. The summed E-state index contributed by atoms with van der Waals surface area (Å²) in [5.41, 5.74) is 10.7. The van der Waals surface area contributed by atoms with Crippen LogP contribution in [0.3, 0.4) is 0 Å². The highest BCUT2D eigenvalue weighted by Crippen LogP contribution is 2.22. The van der Waals surface area contributed by atoms with E-state index in [2.05, 4.69) is 31.3 Å². The maximum Gasteiger partial charge on any atom is 0.242 e. The van der Waals surface area contributed by atoms with Gasteiger partial charge in [0.2, 0.25) is 11.8 Å². The van der Waals surface area contributed by atoms with Crippen molar-refractivity contribution in [3.63, 3.8) is 0 Å². The lowest BCUT2D eigenvalue weighted by atomic mass is 9.99. The second kappa shape index (κ2) is 9.23. The van der Waals surface area contributed by atoms with Crippen LogP contribution in [0.4, 0.5) is 0 Å². The summed E-state index contributed by atoms with van der Waals surface area (Å²) in [6, 6.07) is 15.6. The predicted molar refractivity (Wildman–Crippen MR) is 115 cm³/mol. The van der Waals surface area contributed by atoms with Gasteiger partial charge in [-0.25, -0.2) is 0 Å². The number of hydrogen-bond donors (Lipinski definition) is 2. The van der Waals surface area contributed by atoms with Gasteiger partial charge in [-0.2, -0.15) is 0 Å². The standard InChI is InChI=1S/C24H31N3O2/c1-16(2)19-8-10-20(11-9-19)21(25)14-26-24(29)22-12-13-23(28)27(22)15-18-6-4-17(3)5-7-18/h4-11,16,21-22H,12-15,25H2,1-3H3,(H,26,29). The Labute approximate surface area is 173 Å². The molecule has 1 heterocycles. The summed E-state index contributed by atoms with van der Waals surface area (Å²) in [6.45, 7) is 7.14. The molecule has 0 aromatic heterocycles. The Morgan fingerprint density at radius 3 is 2.34 bits per heavy atom. The van der Waals surface area contributed by atoms with Gasteiger partial charge in [-0.15, -0.1) is 0 Å². The van der Waals surface area contributed by atoms with Crippen molar-refractivity contribution in [1.29, 1.82) is 0 Å². The third-order valence-corrected chi connectivity index (χ3v) is 5.63. The summed E-state index contributed by atoms with van der Waals surface area (Å²) < 4.78 is 0. The van der Waals surface area contributed by atoms with Crippen LogP contribution in [0.2, 0.25) is 0 Å². The molecule has 1 aliphatic rings. The largest absolute Gasteiger partial charge is 0.352 e. The normalized spacial score (nSPS) is 17.6. The van der Waals surface area contributed by atoms with Gasteiger partial charge in [-0.3, -0.25) is 9.59 Å². The third kappa shape index (κ3) is 5.24. The molecule has 0 spiro atoms. The highest BCUT2D eigenvalue weighted by Gasteiger charge is 2.35. The van der Waals surface area contributed by atoms with Gasteiger partial charge in [0, 0.05) is 25.6 Å². The topological polar surface area (TPSA) is 75.4 Å². The second-order valence-corrected chi connectivity index (χ2v) is 8.23. The molecule has 2 amide bonds. The smallest absolute Gasteiger partial charge is 0.242 e. The molecule has 3 N–H and O–H groups in total. The minimum atomic E-state index is -0.431. The first-order chi connectivity index (χ1) is 13.8. The van der Waals surface area contributed by atoms with E-state index < -0.39 is 6.04 Å². The van der Waals surface area contributed by atoms with Crippen LogP contribution in [0, 0.1) is 6.92 Å². The maximum absolute atomic E-state index is 12.8. The van der Waals surface area contributed by atoms with Gasteiger partial charge in [-0.1, -0.05) is 67.9 Å². The summed E-state index contributed by atoms with van der Waals surface area (Å²) in [4.78, 5) is 26.8. The van der Waals surface area contributed by atoms with Crippen molar-refractivity contribution >= 4 is 11.8 Å². The number of aryl methyl sites for hydroxylation is 1. The molecule has 2 atom stereocenters. The lowest BCUT2D eigenvalue weighted by Gasteiger charge is -2.25. The summed E-state index contributed by atoms with van der Waals surface area (Å²) >= 11 is 0. The molecule has 1 saturated heterocycles. The summed E-state index contributed by atoms with van der Waals surface area (Å²) in [5.74, 6) is 0.371. The van der Waals surface area contributed by atoms with Crippen LogP contribution in [0.5, 0.6) is 0 Å². The van der Waals surface area contributed by atoms with Crippen LogP contribution in [-0.4, -0.2) is 29.3 Å². The van der Waals surface area contributed by atoms with Gasteiger partial charge in [0.15, 0.2) is 0 Å². The number of amides is 2. The predicted octanol–water partition coefficient (Wildman–Crippen LogP) is 3.43. The number of carbonyl (C=O) groups is 2. The molecule has 2 aromatic rings. The van der Waals surface area contributed by atoms with Crippen LogP contribution in [0.15, 0.2) is 48.5 Å². The van der Waals surface area contributed by atoms with Crippen molar-refractivity contribution in [2.75, 3.05) is 6.54 Å². The minimum absolute atomic E-state index is 0.0271. The van der Waals surface area contributed by atoms with Gasteiger partial charge in [-0.05, 0) is 36.0 Å². The van der Waals surface area contributed by atoms with E-state index in [1.807, 2.05) is 43.3 Å². The van der Waals surface area contributed by atoms with Gasteiger partial charge >= 0.3 is 0 Å². The highest BCUT2D eigenvalue weighted by atomic mass is 16.2. The number of nitrogens with one attached hydrogen (secondary N) is 1. The Bertz CT molecular complexity index is 843. The summed E-state index contributed by atoms with van der Waals surface area (Å²) in [7, 11) is 0. The molecule has 0 radical (unpaired) electrons. The van der Waals surface area contributed by atoms with Gasteiger partial charge < -0.3 is 16.0 Å². The average Bonchev–Trinajstić information content (AvgIpc) is 3.08. The molecule has 5 heteroatoms. The number of rotatable bonds is 7. The number of likely N-dealkylation sites (tertiary alicyclic amines) is 1. The van der Waals surface area contributed by atoms with E-state index in [0.29, 0.717) is 31.8 Å². The van der Waals surface area contributed by atoms with Crippen LogP contribution >= 0.6 is 0 Å². The quantitative estimate of drug-likeness (QED) is 0.757. The molecule has 0 bridgehead atoms. The molecule has 0 saturated carbocycles. The molecule has 1 fully saturated rings. The highest BCUT2D eigenvalue weighted by molar-refractivity contribution is 5.90.